The summed E-state index contributed by atoms with van der Waals surface area (Å²) in [5.41, 5.74) is 0.733. The van der Waals surface area contributed by atoms with Crippen molar-refractivity contribution in [3.05, 3.63) is 53.6 Å². The highest BCUT2D eigenvalue weighted by molar-refractivity contribution is 5.87. The van der Waals surface area contributed by atoms with Crippen LogP contribution in [0, 0.1) is 0 Å². The lowest BCUT2D eigenvalue weighted by atomic mass is 9.98. The van der Waals surface area contributed by atoms with E-state index in [0.717, 1.165) is 6.08 Å². The first-order valence-corrected chi connectivity index (χ1v) is 14.2. The fourth-order valence-electron chi connectivity index (χ4n) is 4.87. The van der Waals surface area contributed by atoms with Crippen molar-refractivity contribution in [2.24, 2.45) is 0 Å². The van der Waals surface area contributed by atoms with Gasteiger partial charge in [0.25, 0.3) is 0 Å². The maximum absolute atomic E-state index is 12.7. The number of hydrogen-bond acceptors (Lipinski definition) is 16. The molecule has 2 fully saturated rings. The largest absolute Gasteiger partial charge is 0.504 e. The average Bonchev–Trinajstić information content (AvgIpc) is 3.03. The van der Waals surface area contributed by atoms with Gasteiger partial charge in [-0.05, 0) is 48.4 Å². The lowest BCUT2D eigenvalue weighted by molar-refractivity contribution is -0.330. The number of rotatable bonds is 11. The molecule has 9 N–H and O–H groups in total. The van der Waals surface area contributed by atoms with Crippen LogP contribution < -0.4 is 0 Å². The van der Waals surface area contributed by atoms with Crippen LogP contribution in [0.4, 0.5) is 0 Å². The van der Waals surface area contributed by atoms with Crippen molar-refractivity contribution >= 4 is 12.0 Å². The molecule has 2 aliphatic heterocycles. The number of ether oxygens (including phenoxy) is 6. The summed E-state index contributed by atoms with van der Waals surface area (Å²) in [6.45, 7) is 0.636. The van der Waals surface area contributed by atoms with E-state index in [9.17, 15) is 50.8 Å². The number of aliphatic hydroxyl groups excluding tert-OH is 5. The normalized spacial score (nSPS) is 32.3. The van der Waals surface area contributed by atoms with E-state index in [0.29, 0.717) is 11.1 Å². The van der Waals surface area contributed by atoms with Crippen molar-refractivity contribution in [2.75, 3.05) is 20.3 Å². The summed E-state index contributed by atoms with van der Waals surface area (Å²) in [6, 6.07) is 7.78. The van der Waals surface area contributed by atoms with Crippen molar-refractivity contribution in [1.29, 1.82) is 0 Å². The predicted octanol–water partition coefficient (Wildman–Crippen LogP) is -0.871. The van der Waals surface area contributed by atoms with Crippen molar-refractivity contribution in [2.45, 2.75) is 74.4 Å². The van der Waals surface area contributed by atoms with Gasteiger partial charge in [0.2, 0.25) is 0 Å². The molecule has 0 aliphatic carbocycles. The van der Waals surface area contributed by atoms with E-state index in [2.05, 4.69) is 0 Å². The molecule has 0 bridgehead atoms. The van der Waals surface area contributed by atoms with Crippen LogP contribution in [-0.4, -0.2) is 134 Å². The Bertz CT molecular complexity index is 1350. The first-order valence-electron chi connectivity index (χ1n) is 14.2. The smallest absolute Gasteiger partial charge is 0.331 e. The second-order valence-electron chi connectivity index (χ2n) is 10.8. The van der Waals surface area contributed by atoms with Gasteiger partial charge in [0, 0.05) is 13.2 Å². The molecule has 0 radical (unpaired) electrons. The molecule has 2 saturated heterocycles. The Kier molecular flexibility index (Phi) is 11.8. The highest BCUT2D eigenvalue weighted by atomic mass is 16.7. The Labute approximate surface area is 262 Å². The Morgan fingerprint density at radius 1 is 0.804 bits per heavy atom. The van der Waals surface area contributed by atoms with Crippen molar-refractivity contribution in [1.82, 2.24) is 0 Å². The molecular weight excluding hydrogens is 616 g/mol. The van der Waals surface area contributed by atoms with Gasteiger partial charge in [0.15, 0.2) is 41.7 Å². The molecule has 16 nitrogen and oxygen atoms in total. The molecule has 2 aliphatic rings. The van der Waals surface area contributed by atoms with Gasteiger partial charge in [0.1, 0.15) is 42.7 Å². The minimum absolute atomic E-state index is 0.276. The molecular formula is C30H38O16. The van der Waals surface area contributed by atoms with Crippen LogP contribution in [0.1, 0.15) is 24.2 Å². The molecule has 16 heteroatoms. The zero-order chi connectivity index (χ0) is 33.7. The number of aromatic hydroxyl groups is 4. The van der Waals surface area contributed by atoms with Crippen LogP contribution >= 0.6 is 0 Å². The lowest BCUT2D eigenvalue weighted by Gasteiger charge is -2.43. The minimum Gasteiger partial charge on any atom is -0.504 e. The van der Waals surface area contributed by atoms with E-state index in [1.54, 1.807) is 0 Å². The molecule has 4 rings (SSSR count). The molecule has 0 unspecified atom stereocenters. The predicted molar refractivity (Wildman–Crippen MR) is 153 cm³/mol. The molecule has 0 saturated carbocycles. The van der Waals surface area contributed by atoms with E-state index in [1.807, 2.05) is 0 Å². The average molecular weight is 655 g/mol. The fraction of sp³-hybridized carbons (Fsp3) is 0.500. The summed E-state index contributed by atoms with van der Waals surface area (Å²) in [5, 5.41) is 90.9. The number of carbonyl (C=O) groups is 1. The Hall–Kier alpha value is -3.55. The number of carbonyl (C=O) groups excluding carboxylic acids is 1. The highest BCUT2D eigenvalue weighted by Gasteiger charge is 2.49. The van der Waals surface area contributed by atoms with Gasteiger partial charge in [-0.1, -0.05) is 12.1 Å². The Morgan fingerprint density at radius 2 is 1.43 bits per heavy atom. The second-order valence-corrected chi connectivity index (χ2v) is 10.8. The number of phenols is 4. The van der Waals surface area contributed by atoms with E-state index >= 15 is 0 Å². The van der Waals surface area contributed by atoms with Crippen LogP contribution in [-0.2, 0) is 33.2 Å². The van der Waals surface area contributed by atoms with Crippen molar-refractivity contribution < 1.29 is 79.2 Å². The quantitative estimate of drug-likeness (QED) is 0.0811. The molecule has 11 atom stereocenters. The summed E-state index contributed by atoms with van der Waals surface area (Å²) < 4.78 is 33.4. The van der Waals surface area contributed by atoms with Gasteiger partial charge in [-0.25, -0.2) is 4.79 Å². The summed E-state index contributed by atoms with van der Waals surface area (Å²) in [5.74, 6) is -2.53. The maximum Gasteiger partial charge on any atom is 0.331 e. The molecule has 2 aromatic carbocycles. The van der Waals surface area contributed by atoms with Gasteiger partial charge >= 0.3 is 5.97 Å². The summed E-state index contributed by atoms with van der Waals surface area (Å²) >= 11 is 0. The third kappa shape index (κ3) is 8.23. The van der Waals surface area contributed by atoms with Gasteiger partial charge in [-0.2, -0.15) is 0 Å². The molecule has 46 heavy (non-hydrogen) atoms. The second kappa shape index (κ2) is 15.4. The van der Waals surface area contributed by atoms with E-state index in [4.69, 9.17) is 28.4 Å². The van der Waals surface area contributed by atoms with Crippen molar-refractivity contribution in [3.8, 4) is 23.0 Å². The van der Waals surface area contributed by atoms with Crippen LogP contribution in [0.5, 0.6) is 23.0 Å². The molecule has 2 aromatic rings. The third-order valence-corrected chi connectivity index (χ3v) is 7.61. The van der Waals surface area contributed by atoms with E-state index < -0.39 is 91.6 Å². The van der Waals surface area contributed by atoms with Gasteiger partial charge in [-0.15, -0.1) is 0 Å². The number of esters is 1. The van der Waals surface area contributed by atoms with Crippen LogP contribution in [0.2, 0.25) is 0 Å². The fourth-order valence-corrected chi connectivity index (χ4v) is 4.87. The lowest BCUT2D eigenvalue weighted by Crippen LogP contribution is -2.62. The topological polar surface area (TPSA) is 255 Å². The van der Waals surface area contributed by atoms with Gasteiger partial charge in [-0.3, -0.25) is 0 Å². The maximum atomic E-state index is 12.7. The zero-order valence-corrected chi connectivity index (χ0v) is 24.8. The minimum atomic E-state index is -1.80. The van der Waals surface area contributed by atoms with Gasteiger partial charge in [0.05, 0.1) is 19.3 Å². The summed E-state index contributed by atoms with van der Waals surface area (Å²) in [4.78, 5) is 12.7. The van der Waals surface area contributed by atoms with Crippen LogP contribution in [0.25, 0.3) is 6.08 Å². The highest BCUT2D eigenvalue weighted by Crippen LogP contribution is 2.32. The molecule has 0 amide bonds. The number of phenolic OH excluding ortho intramolecular Hbond substituents is 4. The monoisotopic (exact) mass is 654 g/mol. The molecule has 0 spiro atoms. The summed E-state index contributed by atoms with van der Waals surface area (Å²) in [7, 11) is 1.35. The first kappa shape index (κ1) is 35.3. The standard InChI is InChI=1S/C30H38O16/c1-13-23(36)24(37)26(39)29(44-13)43-12-21-28(46-22(35)8-4-14-3-6-16(31)18(33)9-14)25(38)27(40)30(45-21)42-11-20(41-2)15-5-7-17(32)19(34)10-15/h3-10,13,20-21,23-34,36-40H,11-12H2,1-2H3/b8-4+/t13-,20+,21+,23-,24+,25+,26+,27+,28+,29+,30+/m0/s1. The Balaban J connectivity index is 1.49. The molecule has 254 valence electrons. The number of benzene rings is 2. The van der Waals surface area contributed by atoms with E-state index in [1.165, 1.54) is 56.5 Å². The first-order chi connectivity index (χ1) is 21.8. The number of hydrogen-bond donors (Lipinski definition) is 9. The molecule has 0 aromatic heterocycles. The number of methoxy groups -OCH3 is 1. The van der Waals surface area contributed by atoms with E-state index in [-0.39, 0.29) is 18.1 Å². The van der Waals surface area contributed by atoms with Crippen molar-refractivity contribution in [3.63, 3.8) is 0 Å². The SMILES string of the molecule is CO[C@H](CO[C@@H]1O[C@H](CO[C@@H]2O[C@@H](C)[C@H](O)[C@@H](O)[C@H]2O)[C@@H](OC(=O)/C=C/c2ccc(O)c(O)c2)[C@H](O)[C@H]1O)c1ccc(O)c(O)c1. The summed E-state index contributed by atoms with van der Waals surface area (Å²) in [6.07, 6.45) is -13.7. The van der Waals surface area contributed by atoms with Crippen LogP contribution in [0.3, 0.4) is 0 Å². The van der Waals surface area contributed by atoms with Gasteiger partial charge < -0.3 is 74.4 Å². The number of aliphatic hydroxyl groups is 5. The van der Waals surface area contributed by atoms with Crippen LogP contribution in [0.15, 0.2) is 42.5 Å². The Morgan fingerprint density at radius 3 is 2.09 bits per heavy atom. The zero-order valence-electron chi connectivity index (χ0n) is 24.8. The third-order valence-electron chi connectivity index (χ3n) is 7.61. The molecule has 2 heterocycles.